The fourth-order valence-corrected chi connectivity index (χ4v) is 5.10. The van der Waals surface area contributed by atoms with Crippen LogP contribution in [0.1, 0.15) is 65.9 Å². The average molecular weight is 620 g/mol. The molecule has 4 unspecified atom stereocenters. The molecule has 4 atom stereocenters. The first kappa shape index (κ1) is 33.2. The van der Waals surface area contributed by atoms with Crippen molar-refractivity contribution in [3.63, 3.8) is 0 Å². The van der Waals surface area contributed by atoms with E-state index in [2.05, 4.69) is 20.1 Å². The van der Waals surface area contributed by atoms with E-state index in [1.54, 1.807) is 34.6 Å². The van der Waals surface area contributed by atoms with Crippen LogP contribution in [0.25, 0.3) is 11.0 Å². The van der Waals surface area contributed by atoms with Crippen LogP contribution in [-0.4, -0.2) is 62.0 Å². The molecule has 2 amide bonds. The number of alkyl carbamates (subject to hydrolysis) is 1. The van der Waals surface area contributed by atoms with E-state index in [4.69, 9.17) is 9.15 Å². The van der Waals surface area contributed by atoms with Crippen molar-refractivity contribution < 1.29 is 49.3 Å². The molecular formula is C27H36F3N3O8S. The SMILES string of the molecule is CC(NC(=O)OC(C)(C)C)C(=O)NC(C(=O)C(c1coc2ccc(OS(=O)(=O)C(F)(F)F)cc12)C1CCCN1)C(C)C. The average Bonchev–Trinajstić information content (AvgIpc) is 3.51. The maximum atomic E-state index is 14.1. The van der Waals surface area contributed by atoms with Gasteiger partial charge in [-0.25, -0.2) is 4.79 Å². The number of hydrogen-bond acceptors (Lipinski definition) is 9. The zero-order valence-electron chi connectivity index (χ0n) is 24.1. The van der Waals surface area contributed by atoms with Gasteiger partial charge in [0.2, 0.25) is 5.91 Å². The monoisotopic (exact) mass is 619 g/mol. The van der Waals surface area contributed by atoms with Gasteiger partial charge in [-0.1, -0.05) is 13.8 Å². The van der Waals surface area contributed by atoms with Gasteiger partial charge in [0, 0.05) is 17.0 Å². The van der Waals surface area contributed by atoms with Crippen molar-refractivity contribution in [2.24, 2.45) is 5.92 Å². The lowest BCUT2D eigenvalue weighted by molar-refractivity contribution is -0.130. The van der Waals surface area contributed by atoms with Gasteiger partial charge in [0.25, 0.3) is 0 Å². The second kappa shape index (κ2) is 12.5. The Bertz CT molecular complexity index is 1410. The van der Waals surface area contributed by atoms with E-state index in [-0.39, 0.29) is 11.0 Å². The minimum Gasteiger partial charge on any atom is -0.464 e. The summed E-state index contributed by atoms with van der Waals surface area (Å²) in [5.74, 6) is -2.96. The lowest BCUT2D eigenvalue weighted by Gasteiger charge is -2.30. The van der Waals surface area contributed by atoms with Crippen molar-refractivity contribution in [3.8, 4) is 5.75 Å². The van der Waals surface area contributed by atoms with E-state index >= 15 is 0 Å². The first-order valence-corrected chi connectivity index (χ1v) is 14.8. The standard InChI is InChI=1S/C27H36F3N3O8S/c1-14(2)22(33-24(35)15(3)32-25(36)40-26(4,5)6)23(34)21(19-8-7-11-31-19)18-13-39-20-10-9-16(12-17(18)20)41-42(37,38)27(28,29)30/h9-10,12-15,19,21-22,31H,7-8,11H2,1-6H3,(H,32,36)(H,33,35). The lowest BCUT2D eigenvalue weighted by Crippen LogP contribution is -2.54. The molecule has 234 valence electrons. The quantitative estimate of drug-likeness (QED) is 0.263. The maximum Gasteiger partial charge on any atom is 0.534 e. The van der Waals surface area contributed by atoms with Crippen molar-refractivity contribution in [3.05, 3.63) is 30.0 Å². The topological polar surface area (TPSA) is 153 Å². The third-order valence-electron chi connectivity index (χ3n) is 6.60. The number of fused-ring (bicyclic) bond motifs is 1. The van der Waals surface area contributed by atoms with Gasteiger partial charge in [0.15, 0.2) is 5.78 Å². The van der Waals surface area contributed by atoms with Crippen molar-refractivity contribution in [1.82, 2.24) is 16.0 Å². The highest BCUT2D eigenvalue weighted by Gasteiger charge is 2.48. The highest BCUT2D eigenvalue weighted by atomic mass is 32.2. The van der Waals surface area contributed by atoms with Crippen LogP contribution >= 0.6 is 0 Å². The third-order valence-corrected chi connectivity index (χ3v) is 7.58. The van der Waals surface area contributed by atoms with Crippen LogP contribution in [-0.2, 0) is 24.4 Å². The van der Waals surface area contributed by atoms with Gasteiger partial charge < -0.3 is 29.3 Å². The summed E-state index contributed by atoms with van der Waals surface area (Å²) in [4.78, 5) is 39.3. The summed E-state index contributed by atoms with van der Waals surface area (Å²) >= 11 is 0. The number of alkyl halides is 3. The number of carbonyl (C=O) groups is 3. The number of ether oxygens (including phenoxy) is 1. The minimum atomic E-state index is -5.93. The summed E-state index contributed by atoms with van der Waals surface area (Å²) in [6.07, 6.45) is 1.82. The van der Waals surface area contributed by atoms with Gasteiger partial charge in [-0.15, -0.1) is 0 Å². The Morgan fingerprint density at radius 1 is 1.10 bits per heavy atom. The van der Waals surface area contributed by atoms with Gasteiger partial charge >= 0.3 is 21.7 Å². The normalized spacial score (nSPS) is 18.4. The molecule has 42 heavy (non-hydrogen) atoms. The second-order valence-corrected chi connectivity index (χ2v) is 13.1. The molecule has 1 aromatic carbocycles. The summed E-state index contributed by atoms with van der Waals surface area (Å²) in [5, 5.41) is 8.59. The number of rotatable bonds is 10. The van der Waals surface area contributed by atoms with E-state index in [9.17, 15) is 36.0 Å². The summed E-state index contributed by atoms with van der Waals surface area (Å²) in [6, 6.07) is 0.861. The Kier molecular flexibility index (Phi) is 9.87. The fourth-order valence-electron chi connectivity index (χ4n) is 4.65. The molecule has 1 saturated heterocycles. The number of halogens is 3. The summed E-state index contributed by atoms with van der Waals surface area (Å²) in [6.45, 7) is 10.5. The Balaban J connectivity index is 1.93. The van der Waals surface area contributed by atoms with E-state index in [1.165, 1.54) is 19.3 Å². The molecule has 3 N–H and O–H groups in total. The highest BCUT2D eigenvalue weighted by Crippen LogP contribution is 2.37. The van der Waals surface area contributed by atoms with Gasteiger partial charge in [-0.3, -0.25) is 9.59 Å². The van der Waals surface area contributed by atoms with E-state index < -0.39 is 74.7 Å². The smallest absolute Gasteiger partial charge is 0.464 e. The number of ketones is 1. The summed E-state index contributed by atoms with van der Waals surface area (Å²) in [5.41, 5.74) is -5.93. The molecule has 0 spiro atoms. The second-order valence-electron chi connectivity index (χ2n) is 11.5. The van der Waals surface area contributed by atoms with Crippen molar-refractivity contribution in [1.29, 1.82) is 0 Å². The number of carbonyl (C=O) groups excluding carboxylic acids is 3. The molecule has 0 bridgehead atoms. The molecule has 15 heteroatoms. The van der Waals surface area contributed by atoms with Crippen LogP contribution in [0.15, 0.2) is 28.9 Å². The summed E-state index contributed by atoms with van der Waals surface area (Å²) < 4.78 is 76.9. The maximum absolute atomic E-state index is 14.1. The highest BCUT2D eigenvalue weighted by molar-refractivity contribution is 7.88. The number of hydrogen-bond donors (Lipinski definition) is 3. The Morgan fingerprint density at radius 2 is 1.76 bits per heavy atom. The van der Waals surface area contributed by atoms with Gasteiger partial charge in [0.1, 0.15) is 23.0 Å². The molecular weight excluding hydrogens is 583 g/mol. The largest absolute Gasteiger partial charge is 0.534 e. The molecule has 1 aliphatic heterocycles. The Hall–Kier alpha value is -3.33. The third kappa shape index (κ3) is 7.94. The first-order chi connectivity index (χ1) is 19.3. The molecule has 0 radical (unpaired) electrons. The molecule has 0 saturated carbocycles. The Morgan fingerprint density at radius 3 is 2.31 bits per heavy atom. The first-order valence-electron chi connectivity index (χ1n) is 13.4. The van der Waals surface area contributed by atoms with Gasteiger partial charge in [0.05, 0.1) is 18.2 Å². The zero-order chi connectivity index (χ0) is 31.6. The molecule has 1 aromatic heterocycles. The predicted octanol–water partition coefficient (Wildman–Crippen LogP) is 4.12. The number of amides is 2. The summed E-state index contributed by atoms with van der Waals surface area (Å²) in [7, 11) is -5.93. The molecule has 1 fully saturated rings. The van der Waals surface area contributed by atoms with E-state index in [0.717, 1.165) is 18.6 Å². The van der Waals surface area contributed by atoms with Crippen LogP contribution in [0.4, 0.5) is 18.0 Å². The number of furan rings is 1. The van der Waals surface area contributed by atoms with Crippen molar-refractivity contribution in [2.75, 3.05) is 6.54 Å². The van der Waals surface area contributed by atoms with Crippen molar-refractivity contribution >= 4 is 38.9 Å². The van der Waals surface area contributed by atoms with Gasteiger partial charge in [-0.2, -0.15) is 21.6 Å². The van der Waals surface area contributed by atoms with Crippen molar-refractivity contribution in [2.45, 2.75) is 89.5 Å². The number of Topliss-reactive ketones (excluding diaryl/α,β-unsaturated/α-hetero) is 1. The fraction of sp³-hybridized carbons (Fsp3) is 0.593. The predicted molar refractivity (Wildman–Crippen MR) is 146 cm³/mol. The zero-order valence-corrected chi connectivity index (χ0v) is 24.9. The molecule has 2 aromatic rings. The number of nitrogens with one attached hydrogen (secondary N) is 3. The Labute approximate surface area is 242 Å². The molecule has 1 aliphatic rings. The van der Waals surface area contributed by atoms with Gasteiger partial charge in [-0.05, 0) is 71.2 Å². The van der Waals surface area contributed by atoms with E-state index in [1.807, 2.05) is 0 Å². The molecule has 2 heterocycles. The minimum absolute atomic E-state index is 0.186. The molecule has 11 nitrogen and oxygen atoms in total. The van der Waals surface area contributed by atoms with Crippen LogP contribution in [0.3, 0.4) is 0 Å². The molecule has 3 rings (SSSR count). The van der Waals surface area contributed by atoms with Crippen LogP contribution < -0.4 is 20.1 Å². The van der Waals surface area contributed by atoms with Crippen LogP contribution in [0.2, 0.25) is 0 Å². The van der Waals surface area contributed by atoms with Crippen LogP contribution in [0.5, 0.6) is 5.75 Å². The van der Waals surface area contributed by atoms with Crippen LogP contribution in [0, 0.1) is 5.92 Å². The van der Waals surface area contributed by atoms with E-state index in [0.29, 0.717) is 18.5 Å². The lowest BCUT2D eigenvalue weighted by atomic mass is 9.81. The number of benzene rings is 1. The molecule has 0 aliphatic carbocycles.